The number of hydrogen-bond acceptors (Lipinski definition) is 7. The van der Waals surface area contributed by atoms with Gasteiger partial charge in [0.05, 0.1) is 12.2 Å². The second-order valence-corrected chi connectivity index (χ2v) is 9.18. The summed E-state index contributed by atoms with van der Waals surface area (Å²) in [6, 6.07) is 3.53. The zero-order valence-corrected chi connectivity index (χ0v) is 18.6. The Kier molecular flexibility index (Phi) is 6.62. The molecule has 0 spiro atoms. The number of nitrogens with zero attached hydrogens (tertiary/aromatic N) is 3. The predicted octanol–water partition coefficient (Wildman–Crippen LogP) is 2.15. The Morgan fingerprint density at radius 2 is 1.97 bits per heavy atom. The molecule has 0 aliphatic carbocycles. The van der Waals surface area contributed by atoms with Crippen molar-refractivity contribution < 1.29 is 24.2 Å². The number of carbonyl (C=O) groups excluding carboxylic acids is 3. The maximum absolute atomic E-state index is 13.6. The van der Waals surface area contributed by atoms with Crippen LogP contribution in [-0.4, -0.2) is 83.1 Å². The minimum atomic E-state index is -0.346. The van der Waals surface area contributed by atoms with Crippen LogP contribution >= 0.6 is 11.3 Å². The lowest BCUT2D eigenvalue weighted by Crippen LogP contribution is -2.50. The van der Waals surface area contributed by atoms with E-state index in [1.807, 2.05) is 22.4 Å². The topological polar surface area (TPSA) is 90.4 Å². The number of hydrogen-bond donors (Lipinski definition) is 1. The van der Waals surface area contributed by atoms with Crippen LogP contribution in [0.15, 0.2) is 23.2 Å². The number of ether oxygens (including phenoxy) is 1. The van der Waals surface area contributed by atoms with E-state index in [9.17, 15) is 19.5 Å². The van der Waals surface area contributed by atoms with Gasteiger partial charge in [-0.2, -0.15) is 0 Å². The minimum absolute atomic E-state index is 0.0796. The molecule has 1 unspecified atom stereocenters. The molecule has 31 heavy (non-hydrogen) atoms. The summed E-state index contributed by atoms with van der Waals surface area (Å²) in [5, 5.41) is 11.5. The summed E-state index contributed by atoms with van der Waals surface area (Å²) >= 11 is 1.46. The van der Waals surface area contributed by atoms with Crippen LogP contribution in [0.4, 0.5) is 4.79 Å². The third-order valence-corrected chi connectivity index (χ3v) is 7.19. The molecule has 4 heterocycles. The number of amides is 3. The molecule has 3 amide bonds. The molecule has 8 nitrogen and oxygen atoms in total. The van der Waals surface area contributed by atoms with Gasteiger partial charge in [-0.15, -0.1) is 11.3 Å². The second-order valence-electron chi connectivity index (χ2n) is 8.24. The lowest BCUT2D eigenvalue weighted by Gasteiger charge is -2.37. The summed E-state index contributed by atoms with van der Waals surface area (Å²) in [6.45, 7) is 4.37. The van der Waals surface area contributed by atoms with Crippen molar-refractivity contribution in [1.29, 1.82) is 0 Å². The fourth-order valence-electron chi connectivity index (χ4n) is 4.74. The Morgan fingerprint density at radius 1 is 1.19 bits per heavy atom. The van der Waals surface area contributed by atoms with Gasteiger partial charge in [0.1, 0.15) is 5.70 Å². The zero-order valence-electron chi connectivity index (χ0n) is 17.8. The molecule has 1 aromatic rings. The minimum Gasteiger partial charge on any atom is -0.450 e. The van der Waals surface area contributed by atoms with Gasteiger partial charge in [0, 0.05) is 43.7 Å². The number of piperidine rings is 2. The highest BCUT2D eigenvalue weighted by atomic mass is 32.1. The summed E-state index contributed by atoms with van der Waals surface area (Å²) in [5.74, 6) is -0.389. The summed E-state index contributed by atoms with van der Waals surface area (Å²) in [5.41, 5.74) is 0.949. The Hall–Kier alpha value is -2.39. The number of thiophene rings is 1. The highest BCUT2D eigenvalue weighted by Crippen LogP contribution is 2.38. The van der Waals surface area contributed by atoms with Crippen molar-refractivity contribution in [2.24, 2.45) is 5.92 Å². The lowest BCUT2D eigenvalue weighted by molar-refractivity contribution is -0.141. The molecule has 0 saturated carbocycles. The maximum Gasteiger partial charge on any atom is 0.409 e. The lowest BCUT2D eigenvalue weighted by atomic mass is 9.98. The van der Waals surface area contributed by atoms with Crippen LogP contribution in [0.2, 0.25) is 0 Å². The Balaban J connectivity index is 1.57. The molecular weight excluding hydrogens is 418 g/mol. The van der Waals surface area contributed by atoms with Crippen molar-refractivity contribution in [3.63, 3.8) is 0 Å². The molecule has 0 bridgehead atoms. The van der Waals surface area contributed by atoms with Gasteiger partial charge in [-0.3, -0.25) is 14.5 Å². The average molecular weight is 448 g/mol. The first kappa shape index (κ1) is 21.8. The monoisotopic (exact) mass is 447 g/mol. The first-order valence-corrected chi connectivity index (χ1v) is 11.9. The van der Waals surface area contributed by atoms with E-state index < -0.39 is 0 Å². The number of imide groups is 1. The maximum atomic E-state index is 13.6. The van der Waals surface area contributed by atoms with E-state index in [-0.39, 0.29) is 36.5 Å². The van der Waals surface area contributed by atoms with Crippen LogP contribution in [0, 0.1) is 5.92 Å². The molecule has 1 aromatic heterocycles. The van der Waals surface area contributed by atoms with Crippen LogP contribution in [0.5, 0.6) is 0 Å². The predicted molar refractivity (Wildman–Crippen MR) is 116 cm³/mol. The molecule has 3 aliphatic rings. The van der Waals surface area contributed by atoms with Crippen LogP contribution in [0.3, 0.4) is 0 Å². The Morgan fingerprint density at radius 3 is 2.61 bits per heavy atom. The third kappa shape index (κ3) is 4.21. The summed E-state index contributed by atoms with van der Waals surface area (Å²) < 4.78 is 5.07. The van der Waals surface area contributed by atoms with Gasteiger partial charge in [0.15, 0.2) is 0 Å². The largest absolute Gasteiger partial charge is 0.450 e. The molecule has 0 aromatic carbocycles. The fraction of sp³-hybridized carbons (Fsp3) is 0.591. The summed E-state index contributed by atoms with van der Waals surface area (Å²) in [6.07, 6.45) is 2.54. The molecule has 1 N–H and O–H groups in total. The van der Waals surface area contributed by atoms with E-state index in [0.29, 0.717) is 56.9 Å². The van der Waals surface area contributed by atoms with Crippen molar-refractivity contribution in [3.05, 3.63) is 28.1 Å². The van der Waals surface area contributed by atoms with E-state index >= 15 is 0 Å². The van der Waals surface area contributed by atoms with Crippen LogP contribution in [0.1, 0.15) is 37.5 Å². The summed E-state index contributed by atoms with van der Waals surface area (Å²) in [4.78, 5) is 44.9. The molecule has 4 rings (SSSR count). The van der Waals surface area contributed by atoms with Gasteiger partial charge < -0.3 is 19.6 Å². The summed E-state index contributed by atoms with van der Waals surface area (Å²) in [7, 11) is 0. The molecular formula is C22H29N3O5S. The van der Waals surface area contributed by atoms with Crippen molar-refractivity contribution in [3.8, 4) is 0 Å². The standard InChI is InChI=1S/C22H29N3O5S/c1-2-30-22(29)23-10-7-16(8-11-23)25-20(27)18(17-6-4-12-31-17)19(21(25)28)24-9-3-5-15(13-24)14-26/h4,6,12,15-16,26H,2-3,5,7-11,13-14H2,1H3. The number of aliphatic hydroxyl groups is 1. The second kappa shape index (κ2) is 9.40. The smallest absolute Gasteiger partial charge is 0.409 e. The molecule has 2 fully saturated rings. The Bertz CT molecular complexity index is 861. The van der Waals surface area contributed by atoms with Gasteiger partial charge in [-0.05, 0) is 50.0 Å². The van der Waals surface area contributed by atoms with E-state index in [4.69, 9.17) is 4.74 Å². The highest BCUT2D eigenvalue weighted by Gasteiger charge is 2.46. The van der Waals surface area contributed by atoms with Gasteiger partial charge in [0.25, 0.3) is 11.8 Å². The van der Waals surface area contributed by atoms with Crippen molar-refractivity contribution in [2.75, 3.05) is 39.4 Å². The highest BCUT2D eigenvalue weighted by molar-refractivity contribution is 7.11. The van der Waals surface area contributed by atoms with Crippen LogP contribution in [0.25, 0.3) is 5.57 Å². The van der Waals surface area contributed by atoms with Crippen LogP contribution < -0.4 is 0 Å². The van der Waals surface area contributed by atoms with Crippen LogP contribution in [-0.2, 0) is 14.3 Å². The molecule has 0 radical (unpaired) electrons. The van der Waals surface area contributed by atoms with Gasteiger partial charge >= 0.3 is 6.09 Å². The van der Waals surface area contributed by atoms with Crippen molar-refractivity contribution >= 4 is 34.8 Å². The molecule has 9 heteroatoms. The number of rotatable bonds is 5. The van der Waals surface area contributed by atoms with E-state index in [2.05, 4.69) is 0 Å². The zero-order chi connectivity index (χ0) is 22.0. The van der Waals surface area contributed by atoms with Gasteiger partial charge in [-0.1, -0.05) is 6.07 Å². The first-order valence-electron chi connectivity index (χ1n) is 11.0. The quantitative estimate of drug-likeness (QED) is 0.696. The average Bonchev–Trinajstić information content (AvgIpc) is 3.40. The normalized spacial score (nSPS) is 23.2. The molecule has 168 valence electrons. The number of carbonyl (C=O) groups is 3. The molecule has 2 saturated heterocycles. The van der Waals surface area contributed by atoms with Gasteiger partial charge in [0.2, 0.25) is 0 Å². The van der Waals surface area contributed by atoms with Crippen molar-refractivity contribution in [2.45, 2.75) is 38.6 Å². The first-order chi connectivity index (χ1) is 15.0. The van der Waals surface area contributed by atoms with E-state index in [0.717, 1.165) is 17.7 Å². The van der Waals surface area contributed by atoms with E-state index in [1.54, 1.807) is 11.8 Å². The van der Waals surface area contributed by atoms with E-state index in [1.165, 1.54) is 16.2 Å². The molecule has 3 aliphatic heterocycles. The fourth-order valence-corrected chi connectivity index (χ4v) is 5.50. The van der Waals surface area contributed by atoms with Crippen molar-refractivity contribution in [1.82, 2.24) is 14.7 Å². The SMILES string of the molecule is CCOC(=O)N1CCC(N2C(=O)C(c3cccs3)=C(N3CCCC(CO)C3)C2=O)CC1. The molecule has 1 atom stereocenters. The van der Waals surface area contributed by atoms with Gasteiger partial charge in [-0.25, -0.2) is 4.79 Å². The Labute approximate surface area is 186 Å². The third-order valence-electron chi connectivity index (χ3n) is 6.31. The number of aliphatic hydroxyl groups excluding tert-OH is 1. The number of likely N-dealkylation sites (tertiary alicyclic amines) is 2.